The van der Waals surface area contributed by atoms with Crippen LogP contribution in [0.1, 0.15) is 28.8 Å². The van der Waals surface area contributed by atoms with Gasteiger partial charge in [0, 0.05) is 12.7 Å². The minimum absolute atomic E-state index is 0.00245. The largest absolute Gasteiger partial charge is 0.469 e. The number of nitriles is 1. The van der Waals surface area contributed by atoms with E-state index in [1.165, 1.54) is 7.11 Å². The van der Waals surface area contributed by atoms with Crippen LogP contribution in [0.15, 0.2) is 6.20 Å². The monoisotopic (exact) mass is 255 g/mol. The summed E-state index contributed by atoms with van der Waals surface area (Å²) in [5, 5.41) is 8.94. The smallest absolute Gasteiger partial charge is 0.310 e. The molecule has 5 nitrogen and oxygen atoms in total. The molecule has 0 saturated carbocycles. The molecule has 0 aliphatic carbocycles. The summed E-state index contributed by atoms with van der Waals surface area (Å²) < 4.78 is 29.8. The number of carbonyl (C=O) groups excluding carboxylic acids is 1. The zero-order chi connectivity index (χ0) is 13.7. The highest BCUT2D eigenvalue weighted by Crippen LogP contribution is 2.25. The van der Waals surface area contributed by atoms with Crippen LogP contribution in [0.3, 0.4) is 0 Å². The van der Waals surface area contributed by atoms with Crippen molar-refractivity contribution in [3.8, 4) is 6.07 Å². The fourth-order valence-corrected chi connectivity index (χ4v) is 1.49. The fourth-order valence-electron chi connectivity index (χ4n) is 1.49. The van der Waals surface area contributed by atoms with Crippen molar-refractivity contribution < 1.29 is 18.3 Å². The van der Waals surface area contributed by atoms with Gasteiger partial charge >= 0.3 is 5.97 Å². The quantitative estimate of drug-likeness (QED) is 0.813. The number of hydrogen-bond donors (Lipinski definition) is 1. The van der Waals surface area contributed by atoms with E-state index < -0.39 is 18.1 Å². The van der Waals surface area contributed by atoms with Crippen molar-refractivity contribution in [2.45, 2.75) is 19.4 Å². The molecule has 18 heavy (non-hydrogen) atoms. The summed E-state index contributed by atoms with van der Waals surface area (Å²) in [6, 6.07) is 1.64. The van der Waals surface area contributed by atoms with Gasteiger partial charge in [-0.05, 0) is 11.1 Å². The molecule has 0 aliphatic heterocycles. The average Bonchev–Trinajstić information content (AvgIpc) is 2.37. The van der Waals surface area contributed by atoms with Gasteiger partial charge in [-0.2, -0.15) is 5.26 Å². The van der Waals surface area contributed by atoms with Crippen LogP contribution in [0, 0.1) is 11.3 Å². The molecular formula is C11H11F2N3O2. The van der Waals surface area contributed by atoms with Gasteiger partial charge in [0.25, 0.3) is 6.43 Å². The lowest BCUT2D eigenvalue weighted by atomic mass is 9.99. The number of alkyl halides is 2. The molecule has 0 radical (unpaired) electrons. The lowest BCUT2D eigenvalue weighted by molar-refractivity contribution is -0.139. The first kappa shape index (κ1) is 14.0. The number of pyridine rings is 1. The van der Waals surface area contributed by atoms with Crippen LogP contribution in [-0.4, -0.2) is 18.1 Å². The number of ether oxygens (including phenoxy) is 1. The third kappa shape index (κ3) is 2.78. The maximum atomic E-state index is 12.7. The third-order valence-corrected chi connectivity index (χ3v) is 2.39. The zero-order valence-electron chi connectivity index (χ0n) is 9.61. The molecular weight excluding hydrogens is 244 g/mol. The van der Waals surface area contributed by atoms with Crippen molar-refractivity contribution in [3.63, 3.8) is 0 Å². The Morgan fingerprint density at radius 3 is 2.78 bits per heavy atom. The number of rotatable bonds is 4. The predicted octanol–water partition coefficient (Wildman–Crippen LogP) is 1.07. The summed E-state index contributed by atoms with van der Waals surface area (Å²) in [5.41, 5.74) is 5.00. The van der Waals surface area contributed by atoms with Gasteiger partial charge in [-0.1, -0.05) is 0 Å². The van der Waals surface area contributed by atoms with E-state index in [4.69, 9.17) is 11.0 Å². The maximum absolute atomic E-state index is 12.7. The van der Waals surface area contributed by atoms with Crippen molar-refractivity contribution in [1.82, 2.24) is 4.98 Å². The van der Waals surface area contributed by atoms with Crippen LogP contribution >= 0.6 is 0 Å². The molecule has 0 aromatic carbocycles. The number of hydrogen-bond acceptors (Lipinski definition) is 5. The highest BCUT2D eigenvalue weighted by molar-refractivity contribution is 5.74. The summed E-state index contributed by atoms with van der Waals surface area (Å²) in [5.74, 6) is -0.632. The molecule has 0 amide bonds. The molecule has 2 N–H and O–H groups in total. The van der Waals surface area contributed by atoms with Gasteiger partial charge in [-0.15, -0.1) is 0 Å². The molecule has 0 saturated heterocycles. The minimum atomic E-state index is -2.89. The molecule has 0 atom stereocenters. The van der Waals surface area contributed by atoms with E-state index in [2.05, 4.69) is 9.72 Å². The summed E-state index contributed by atoms with van der Waals surface area (Å²) in [7, 11) is 1.17. The predicted molar refractivity (Wildman–Crippen MR) is 57.5 cm³/mol. The number of nitrogens with two attached hydrogens (primary N) is 1. The molecule has 1 aromatic rings. The Morgan fingerprint density at radius 1 is 1.67 bits per heavy atom. The number of nitrogens with zero attached hydrogens (tertiary/aromatic N) is 2. The Bertz CT molecular complexity index is 498. The second-order valence-electron chi connectivity index (χ2n) is 3.39. The van der Waals surface area contributed by atoms with Crippen LogP contribution in [0.5, 0.6) is 0 Å². The molecule has 1 rings (SSSR count). The van der Waals surface area contributed by atoms with Gasteiger partial charge in [0.1, 0.15) is 11.8 Å². The number of carbonyl (C=O) groups is 1. The van der Waals surface area contributed by atoms with Crippen molar-refractivity contribution in [2.75, 3.05) is 7.11 Å². The Morgan fingerprint density at radius 2 is 2.33 bits per heavy atom. The lowest BCUT2D eigenvalue weighted by Gasteiger charge is -2.11. The molecule has 0 aliphatic rings. The Balaban J connectivity index is 3.38. The zero-order valence-corrected chi connectivity index (χ0v) is 9.61. The lowest BCUT2D eigenvalue weighted by Crippen LogP contribution is -2.13. The topological polar surface area (TPSA) is 89.0 Å². The van der Waals surface area contributed by atoms with Crippen LogP contribution in [-0.2, 0) is 22.5 Å². The SMILES string of the molecule is COC(=O)Cc1c(CN)cnc(C(F)F)c1C#N. The van der Waals surface area contributed by atoms with Gasteiger partial charge in [0.2, 0.25) is 0 Å². The summed E-state index contributed by atoms with van der Waals surface area (Å²) in [6.07, 6.45) is -2.02. The Hall–Kier alpha value is -2.07. The van der Waals surface area contributed by atoms with E-state index in [0.29, 0.717) is 5.56 Å². The van der Waals surface area contributed by atoms with E-state index in [1.54, 1.807) is 6.07 Å². The van der Waals surface area contributed by atoms with E-state index in [9.17, 15) is 13.6 Å². The molecule has 0 unspecified atom stereocenters. The van der Waals surface area contributed by atoms with Crippen LogP contribution in [0.2, 0.25) is 0 Å². The molecule has 0 bridgehead atoms. The van der Waals surface area contributed by atoms with Crippen molar-refractivity contribution in [2.24, 2.45) is 5.73 Å². The number of halogens is 2. The second kappa shape index (κ2) is 6.02. The van der Waals surface area contributed by atoms with Crippen LogP contribution in [0.4, 0.5) is 8.78 Å². The second-order valence-corrected chi connectivity index (χ2v) is 3.39. The average molecular weight is 255 g/mol. The van der Waals surface area contributed by atoms with Crippen LogP contribution < -0.4 is 5.73 Å². The molecule has 96 valence electrons. The molecule has 0 spiro atoms. The minimum Gasteiger partial charge on any atom is -0.469 e. The van der Waals surface area contributed by atoms with E-state index in [1.807, 2.05) is 0 Å². The highest BCUT2D eigenvalue weighted by Gasteiger charge is 2.22. The van der Waals surface area contributed by atoms with Crippen molar-refractivity contribution >= 4 is 5.97 Å². The maximum Gasteiger partial charge on any atom is 0.310 e. The van der Waals surface area contributed by atoms with Crippen molar-refractivity contribution in [3.05, 3.63) is 28.6 Å². The van der Waals surface area contributed by atoms with Crippen LogP contribution in [0.25, 0.3) is 0 Å². The van der Waals surface area contributed by atoms with E-state index >= 15 is 0 Å². The van der Waals surface area contributed by atoms with Gasteiger partial charge in [0.05, 0.1) is 19.1 Å². The first-order chi connectivity index (χ1) is 8.54. The highest BCUT2D eigenvalue weighted by atomic mass is 19.3. The summed E-state index contributed by atoms with van der Waals surface area (Å²) in [4.78, 5) is 14.7. The normalized spacial score (nSPS) is 10.2. The molecule has 1 heterocycles. The summed E-state index contributed by atoms with van der Waals surface area (Å²) in [6.45, 7) is -0.00245. The van der Waals surface area contributed by atoms with Gasteiger partial charge < -0.3 is 10.5 Å². The molecule has 0 fully saturated rings. The Labute approximate surface area is 102 Å². The van der Waals surface area contributed by atoms with Gasteiger partial charge in [-0.3, -0.25) is 9.78 Å². The number of methoxy groups -OCH3 is 1. The van der Waals surface area contributed by atoms with E-state index in [0.717, 1.165) is 6.20 Å². The van der Waals surface area contributed by atoms with Gasteiger partial charge in [-0.25, -0.2) is 8.78 Å². The number of esters is 1. The summed E-state index contributed by atoms with van der Waals surface area (Å²) >= 11 is 0. The third-order valence-electron chi connectivity index (χ3n) is 2.39. The molecule has 1 aromatic heterocycles. The standard InChI is InChI=1S/C11H11F2N3O2/c1-18-9(17)2-7-6(3-14)5-16-10(11(12)13)8(7)4-15/h5,11H,2-3,14H2,1H3. The first-order valence-electron chi connectivity index (χ1n) is 5.00. The van der Waals surface area contributed by atoms with Crippen molar-refractivity contribution in [1.29, 1.82) is 5.26 Å². The molecule has 7 heteroatoms. The van der Waals surface area contributed by atoms with E-state index in [-0.39, 0.29) is 24.1 Å². The fraction of sp³-hybridized carbons (Fsp3) is 0.364. The van der Waals surface area contributed by atoms with Gasteiger partial charge in [0.15, 0.2) is 0 Å². The number of aromatic nitrogens is 1. The first-order valence-corrected chi connectivity index (χ1v) is 5.00. The Kier molecular flexibility index (Phi) is 4.68.